The first-order chi connectivity index (χ1) is 9.99. The Morgan fingerprint density at radius 1 is 1.29 bits per heavy atom. The molecule has 110 valence electrons. The maximum absolute atomic E-state index is 13.9. The van der Waals surface area contributed by atoms with Gasteiger partial charge in [-0.2, -0.15) is 5.10 Å². The molecule has 0 amide bonds. The molecule has 1 aromatic heterocycles. The number of carboxylic acids is 1. The number of benzene rings is 1. The minimum atomic E-state index is -1.32. The average molecular weight is 298 g/mol. The summed E-state index contributed by atoms with van der Waals surface area (Å²) < 4.78 is 46.7. The van der Waals surface area contributed by atoms with Crippen molar-refractivity contribution in [2.75, 3.05) is 6.61 Å². The van der Waals surface area contributed by atoms with E-state index in [9.17, 15) is 18.0 Å². The number of hydrogen-bond acceptors (Lipinski definition) is 3. The SMILES string of the molecule is O=C(O)c1nn(-c2c(F)cc(F)cc2F)c2c1COCC2. The monoisotopic (exact) mass is 298 g/mol. The van der Waals surface area contributed by atoms with Gasteiger partial charge in [-0.05, 0) is 0 Å². The molecule has 0 fully saturated rings. The lowest BCUT2D eigenvalue weighted by Crippen LogP contribution is -2.15. The maximum atomic E-state index is 13.9. The van der Waals surface area contributed by atoms with Crippen LogP contribution in [0.5, 0.6) is 0 Å². The van der Waals surface area contributed by atoms with Crippen LogP contribution in [0.1, 0.15) is 21.7 Å². The van der Waals surface area contributed by atoms with Crippen LogP contribution < -0.4 is 0 Å². The summed E-state index contributed by atoms with van der Waals surface area (Å²) in [6.45, 7) is 0.281. The Labute approximate surface area is 116 Å². The van der Waals surface area contributed by atoms with Gasteiger partial charge in [-0.1, -0.05) is 0 Å². The molecule has 1 aromatic carbocycles. The van der Waals surface area contributed by atoms with Gasteiger partial charge in [0.15, 0.2) is 17.3 Å². The Kier molecular flexibility index (Phi) is 3.17. The summed E-state index contributed by atoms with van der Waals surface area (Å²) in [5.41, 5.74) is -0.296. The molecule has 1 aliphatic heterocycles. The van der Waals surface area contributed by atoms with Crippen LogP contribution in [0.3, 0.4) is 0 Å². The summed E-state index contributed by atoms with van der Waals surface area (Å²) in [5, 5.41) is 12.9. The van der Waals surface area contributed by atoms with E-state index >= 15 is 0 Å². The van der Waals surface area contributed by atoms with Crippen LogP contribution in [0.2, 0.25) is 0 Å². The van der Waals surface area contributed by atoms with E-state index in [0.29, 0.717) is 17.8 Å². The van der Waals surface area contributed by atoms with E-state index in [4.69, 9.17) is 9.84 Å². The van der Waals surface area contributed by atoms with Gasteiger partial charge in [0.25, 0.3) is 0 Å². The van der Waals surface area contributed by atoms with Crippen molar-refractivity contribution < 1.29 is 27.8 Å². The molecule has 0 bridgehead atoms. The minimum absolute atomic E-state index is 0.00139. The molecule has 1 N–H and O–H groups in total. The highest BCUT2D eigenvalue weighted by molar-refractivity contribution is 5.87. The number of halogens is 3. The molecule has 0 atom stereocenters. The van der Waals surface area contributed by atoms with Crippen molar-refractivity contribution in [1.82, 2.24) is 9.78 Å². The summed E-state index contributed by atoms with van der Waals surface area (Å²) in [6.07, 6.45) is 0.256. The second-order valence-corrected chi connectivity index (χ2v) is 4.51. The highest BCUT2D eigenvalue weighted by atomic mass is 19.1. The Morgan fingerprint density at radius 3 is 2.57 bits per heavy atom. The van der Waals surface area contributed by atoms with Crippen molar-refractivity contribution in [3.05, 3.63) is 46.5 Å². The molecule has 1 aliphatic rings. The number of rotatable bonds is 2. The third-order valence-corrected chi connectivity index (χ3v) is 3.22. The number of carbonyl (C=O) groups is 1. The third kappa shape index (κ3) is 2.17. The van der Waals surface area contributed by atoms with Crippen LogP contribution in [0, 0.1) is 17.5 Å². The second kappa shape index (κ2) is 4.88. The summed E-state index contributed by atoms with van der Waals surface area (Å²) in [4.78, 5) is 11.2. The molecule has 8 heteroatoms. The fourth-order valence-corrected chi connectivity index (χ4v) is 2.33. The summed E-state index contributed by atoms with van der Waals surface area (Å²) >= 11 is 0. The van der Waals surface area contributed by atoms with Crippen LogP contribution in [0.4, 0.5) is 13.2 Å². The summed E-state index contributed by atoms with van der Waals surface area (Å²) in [6, 6.07) is 1.04. The van der Waals surface area contributed by atoms with Crippen molar-refractivity contribution in [3.8, 4) is 5.69 Å². The molecule has 0 aliphatic carbocycles. The quantitative estimate of drug-likeness (QED) is 0.921. The number of carboxylic acid groups (broad SMARTS) is 1. The van der Waals surface area contributed by atoms with Crippen LogP contribution in [0.25, 0.3) is 5.69 Å². The normalized spacial score (nSPS) is 14.0. The smallest absolute Gasteiger partial charge is 0.356 e. The largest absolute Gasteiger partial charge is 0.476 e. The first-order valence-electron chi connectivity index (χ1n) is 6.05. The maximum Gasteiger partial charge on any atom is 0.356 e. The fourth-order valence-electron chi connectivity index (χ4n) is 2.33. The predicted octanol–water partition coefficient (Wildman–Crippen LogP) is 2.06. The third-order valence-electron chi connectivity index (χ3n) is 3.22. The summed E-state index contributed by atoms with van der Waals surface area (Å²) in [5.74, 6) is -4.68. The molecular formula is C13H9F3N2O3. The van der Waals surface area contributed by atoms with E-state index < -0.39 is 29.1 Å². The number of ether oxygens (including phenoxy) is 1. The number of hydrogen-bond donors (Lipinski definition) is 1. The van der Waals surface area contributed by atoms with E-state index in [1.54, 1.807) is 0 Å². The van der Waals surface area contributed by atoms with Crippen molar-refractivity contribution in [1.29, 1.82) is 0 Å². The number of aromatic carboxylic acids is 1. The van der Waals surface area contributed by atoms with Crippen molar-refractivity contribution in [3.63, 3.8) is 0 Å². The van der Waals surface area contributed by atoms with Gasteiger partial charge in [0, 0.05) is 24.1 Å². The van der Waals surface area contributed by atoms with Crippen LogP contribution in [0.15, 0.2) is 12.1 Å². The highest BCUT2D eigenvalue weighted by Crippen LogP contribution is 2.27. The van der Waals surface area contributed by atoms with Crippen LogP contribution >= 0.6 is 0 Å². The van der Waals surface area contributed by atoms with Gasteiger partial charge in [-0.25, -0.2) is 22.6 Å². The lowest BCUT2D eigenvalue weighted by molar-refractivity contribution is 0.0677. The molecule has 0 saturated heterocycles. The molecule has 0 unspecified atom stereocenters. The summed E-state index contributed by atoms with van der Waals surface area (Å²) in [7, 11) is 0. The van der Waals surface area contributed by atoms with Gasteiger partial charge in [-0.15, -0.1) is 0 Å². The molecule has 5 nitrogen and oxygen atoms in total. The van der Waals surface area contributed by atoms with Crippen LogP contribution in [-0.2, 0) is 17.8 Å². The molecule has 0 spiro atoms. The van der Waals surface area contributed by atoms with E-state index in [1.165, 1.54) is 0 Å². The van der Waals surface area contributed by atoms with Crippen LogP contribution in [-0.4, -0.2) is 27.5 Å². The molecule has 0 radical (unpaired) electrons. The van der Waals surface area contributed by atoms with E-state index in [1.807, 2.05) is 0 Å². The number of nitrogens with zero attached hydrogens (tertiary/aromatic N) is 2. The van der Waals surface area contributed by atoms with E-state index in [2.05, 4.69) is 5.10 Å². The number of aromatic nitrogens is 2. The Morgan fingerprint density at radius 2 is 1.95 bits per heavy atom. The van der Waals surface area contributed by atoms with E-state index in [0.717, 1.165) is 4.68 Å². The molecule has 2 aromatic rings. The molecular weight excluding hydrogens is 289 g/mol. The lowest BCUT2D eigenvalue weighted by atomic mass is 10.1. The predicted molar refractivity (Wildman–Crippen MR) is 63.8 cm³/mol. The Hall–Kier alpha value is -2.35. The standard InChI is InChI=1S/C13H9F3N2O3/c14-6-3-8(15)12(9(16)4-6)18-10-1-2-21-5-7(10)11(17-18)13(19)20/h3-4H,1-2,5H2,(H,19,20). The second-order valence-electron chi connectivity index (χ2n) is 4.51. The van der Waals surface area contributed by atoms with Gasteiger partial charge >= 0.3 is 5.97 Å². The zero-order valence-electron chi connectivity index (χ0n) is 10.6. The van der Waals surface area contributed by atoms with Gasteiger partial charge in [0.1, 0.15) is 11.5 Å². The van der Waals surface area contributed by atoms with Gasteiger partial charge in [0.2, 0.25) is 0 Å². The first-order valence-corrected chi connectivity index (χ1v) is 6.05. The highest BCUT2D eigenvalue weighted by Gasteiger charge is 2.28. The molecule has 3 rings (SSSR count). The minimum Gasteiger partial charge on any atom is -0.476 e. The van der Waals surface area contributed by atoms with Gasteiger partial charge in [-0.3, -0.25) is 0 Å². The van der Waals surface area contributed by atoms with Crippen molar-refractivity contribution >= 4 is 5.97 Å². The first kappa shape index (κ1) is 13.6. The van der Waals surface area contributed by atoms with Crippen molar-refractivity contribution in [2.24, 2.45) is 0 Å². The fraction of sp³-hybridized carbons (Fsp3) is 0.231. The topological polar surface area (TPSA) is 64.3 Å². The lowest BCUT2D eigenvalue weighted by Gasteiger charge is -2.15. The van der Waals surface area contributed by atoms with E-state index in [-0.39, 0.29) is 30.9 Å². The zero-order chi connectivity index (χ0) is 15.1. The molecule has 2 heterocycles. The van der Waals surface area contributed by atoms with Gasteiger partial charge in [0.05, 0.1) is 18.9 Å². The molecule has 21 heavy (non-hydrogen) atoms. The average Bonchev–Trinajstić information content (AvgIpc) is 2.78. The van der Waals surface area contributed by atoms with Gasteiger partial charge < -0.3 is 9.84 Å². The molecule has 0 saturated carbocycles. The Bertz CT molecular complexity index is 719. The van der Waals surface area contributed by atoms with Crippen molar-refractivity contribution in [2.45, 2.75) is 13.0 Å². The zero-order valence-corrected chi connectivity index (χ0v) is 10.6. The Balaban J connectivity index is 2.26. The number of fused-ring (bicyclic) bond motifs is 1.